The molecule has 3 rings (SSSR count). The van der Waals surface area contributed by atoms with Crippen LogP contribution in [-0.2, 0) is 19.1 Å². The molecule has 1 aromatic rings. The normalized spacial score (nSPS) is 19.0. The van der Waals surface area contributed by atoms with Gasteiger partial charge in [0.15, 0.2) is 0 Å². The number of nitrogens with one attached hydrogen (secondary N) is 2. The zero-order valence-corrected chi connectivity index (χ0v) is 14.5. The van der Waals surface area contributed by atoms with Gasteiger partial charge in [0.05, 0.1) is 17.7 Å². The van der Waals surface area contributed by atoms with E-state index < -0.39 is 29.7 Å². The van der Waals surface area contributed by atoms with Crippen LogP contribution in [0.2, 0.25) is 0 Å². The third kappa shape index (κ3) is 3.67. The van der Waals surface area contributed by atoms with Crippen LogP contribution in [0.4, 0.5) is 5.69 Å². The lowest BCUT2D eigenvalue weighted by atomic mass is 10.0. The quantitative estimate of drug-likeness (QED) is 0.385. The topological polar surface area (TPSA) is 122 Å². The Bertz CT molecular complexity index is 806. The van der Waals surface area contributed by atoms with Gasteiger partial charge in [-0.05, 0) is 31.4 Å². The highest BCUT2D eigenvalue weighted by Crippen LogP contribution is 2.32. The fourth-order valence-electron chi connectivity index (χ4n) is 3.24. The number of carbonyl (C=O) groups is 5. The number of piperidine rings is 1. The summed E-state index contributed by atoms with van der Waals surface area (Å²) < 4.78 is 4.61. The zero-order chi connectivity index (χ0) is 19.4. The van der Waals surface area contributed by atoms with Crippen molar-refractivity contribution in [2.24, 2.45) is 0 Å². The molecule has 9 nitrogen and oxygen atoms in total. The third-order valence-corrected chi connectivity index (χ3v) is 4.54. The summed E-state index contributed by atoms with van der Waals surface area (Å²) in [5.41, 5.74) is 0.979. The van der Waals surface area contributed by atoms with Crippen LogP contribution < -0.4 is 10.6 Å². The minimum Gasteiger partial charge on any atom is -0.468 e. The van der Waals surface area contributed by atoms with Gasteiger partial charge < -0.3 is 10.1 Å². The number of carbonyl (C=O) groups excluding carboxylic acids is 5. The van der Waals surface area contributed by atoms with Gasteiger partial charge in [0, 0.05) is 18.7 Å². The number of anilines is 1. The molecule has 1 saturated heterocycles. The molecule has 27 heavy (non-hydrogen) atoms. The standard InChI is InChI=1S/C18H19N3O6/c22-10-27-9-2-1-8-19-12-5-3-4-11-15(12)18(26)21(17(11)25)13-6-7-14(23)20-16(13)24/h3-5,10,13,19H,1-2,6-9H2,(H,20,23,24). The number of hydrogen-bond donors (Lipinski definition) is 2. The minimum atomic E-state index is -0.983. The molecule has 2 aliphatic rings. The van der Waals surface area contributed by atoms with E-state index in [1.165, 1.54) is 0 Å². The summed E-state index contributed by atoms with van der Waals surface area (Å²) in [5, 5.41) is 5.29. The van der Waals surface area contributed by atoms with Gasteiger partial charge in [0.1, 0.15) is 6.04 Å². The molecule has 1 fully saturated rings. The number of ether oxygens (including phenoxy) is 1. The second kappa shape index (κ2) is 7.98. The Labute approximate surface area is 155 Å². The Morgan fingerprint density at radius 1 is 1.19 bits per heavy atom. The van der Waals surface area contributed by atoms with Crippen LogP contribution in [-0.4, -0.2) is 54.2 Å². The summed E-state index contributed by atoms with van der Waals surface area (Å²) >= 11 is 0. The molecule has 0 aromatic heterocycles. The maximum absolute atomic E-state index is 12.9. The predicted molar refractivity (Wildman–Crippen MR) is 92.9 cm³/mol. The van der Waals surface area contributed by atoms with Crippen molar-refractivity contribution < 1.29 is 28.7 Å². The summed E-state index contributed by atoms with van der Waals surface area (Å²) in [6.07, 6.45) is 1.57. The lowest BCUT2D eigenvalue weighted by Crippen LogP contribution is -2.54. The Hall–Kier alpha value is -3.23. The van der Waals surface area contributed by atoms with Crippen LogP contribution in [0, 0.1) is 0 Å². The Morgan fingerprint density at radius 2 is 2.00 bits per heavy atom. The summed E-state index contributed by atoms with van der Waals surface area (Å²) in [7, 11) is 0. The highest BCUT2D eigenvalue weighted by Gasteiger charge is 2.45. The van der Waals surface area contributed by atoms with Crippen molar-refractivity contribution in [2.45, 2.75) is 31.7 Å². The first-order chi connectivity index (χ1) is 13.0. The number of benzene rings is 1. The molecule has 1 unspecified atom stereocenters. The van der Waals surface area contributed by atoms with E-state index in [-0.39, 0.29) is 24.0 Å². The first kappa shape index (κ1) is 18.6. The first-order valence-electron chi connectivity index (χ1n) is 8.68. The molecular formula is C18H19N3O6. The molecule has 0 radical (unpaired) electrons. The molecule has 2 heterocycles. The summed E-state index contributed by atoms with van der Waals surface area (Å²) in [5.74, 6) is -2.12. The van der Waals surface area contributed by atoms with Gasteiger partial charge in [0.2, 0.25) is 11.8 Å². The number of nitrogens with zero attached hydrogens (tertiary/aromatic N) is 1. The number of hydrogen-bond acceptors (Lipinski definition) is 7. The average molecular weight is 373 g/mol. The minimum absolute atomic E-state index is 0.0811. The van der Waals surface area contributed by atoms with Crippen molar-refractivity contribution in [1.29, 1.82) is 0 Å². The fraction of sp³-hybridized carbons (Fsp3) is 0.389. The summed E-state index contributed by atoms with van der Waals surface area (Å²) in [6.45, 7) is 1.24. The molecule has 9 heteroatoms. The van der Waals surface area contributed by atoms with E-state index in [1.807, 2.05) is 0 Å². The number of fused-ring (bicyclic) bond motifs is 1. The highest BCUT2D eigenvalue weighted by atomic mass is 16.5. The maximum Gasteiger partial charge on any atom is 0.293 e. The van der Waals surface area contributed by atoms with E-state index in [2.05, 4.69) is 15.4 Å². The molecule has 0 aliphatic carbocycles. The summed E-state index contributed by atoms with van der Waals surface area (Å²) in [6, 6.07) is 3.92. The lowest BCUT2D eigenvalue weighted by molar-refractivity contribution is -0.136. The van der Waals surface area contributed by atoms with Gasteiger partial charge in [0.25, 0.3) is 18.3 Å². The maximum atomic E-state index is 12.9. The van der Waals surface area contributed by atoms with Crippen LogP contribution >= 0.6 is 0 Å². The molecule has 0 bridgehead atoms. The Balaban J connectivity index is 1.73. The SMILES string of the molecule is O=COCCCCNc1cccc2c1C(=O)N(C1CCC(=O)NC1=O)C2=O. The van der Waals surface area contributed by atoms with Crippen molar-refractivity contribution in [3.8, 4) is 0 Å². The van der Waals surface area contributed by atoms with Gasteiger partial charge in [-0.1, -0.05) is 6.07 Å². The van der Waals surface area contributed by atoms with E-state index in [4.69, 9.17) is 0 Å². The van der Waals surface area contributed by atoms with Crippen molar-refractivity contribution in [1.82, 2.24) is 10.2 Å². The molecule has 1 atom stereocenters. The van der Waals surface area contributed by atoms with Crippen molar-refractivity contribution >= 4 is 35.8 Å². The number of amides is 4. The van der Waals surface area contributed by atoms with Gasteiger partial charge in [-0.2, -0.15) is 0 Å². The van der Waals surface area contributed by atoms with Crippen LogP contribution in [0.1, 0.15) is 46.4 Å². The Morgan fingerprint density at radius 3 is 2.74 bits per heavy atom. The lowest BCUT2D eigenvalue weighted by Gasteiger charge is -2.27. The van der Waals surface area contributed by atoms with Crippen molar-refractivity contribution in [3.05, 3.63) is 29.3 Å². The molecular weight excluding hydrogens is 354 g/mol. The fourth-order valence-corrected chi connectivity index (χ4v) is 3.24. The van der Waals surface area contributed by atoms with E-state index >= 15 is 0 Å². The van der Waals surface area contributed by atoms with Gasteiger partial charge in [-0.3, -0.25) is 34.2 Å². The molecule has 0 spiro atoms. The smallest absolute Gasteiger partial charge is 0.293 e. The largest absolute Gasteiger partial charge is 0.468 e. The second-order valence-corrected chi connectivity index (χ2v) is 6.28. The Kier molecular flexibility index (Phi) is 5.49. The number of unbranched alkanes of at least 4 members (excludes halogenated alkanes) is 1. The zero-order valence-electron chi connectivity index (χ0n) is 14.5. The number of imide groups is 2. The first-order valence-corrected chi connectivity index (χ1v) is 8.68. The molecule has 0 saturated carbocycles. The van der Waals surface area contributed by atoms with Crippen LogP contribution in [0.3, 0.4) is 0 Å². The summed E-state index contributed by atoms with van der Waals surface area (Å²) in [4.78, 5) is 60.0. The monoisotopic (exact) mass is 373 g/mol. The molecule has 4 amide bonds. The molecule has 1 aromatic carbocycles. The van der Waals surface area contributed by atoms with Crippen LogP contribution in [0.25, 0.3) is 0 Å². The average Bonchev–Trinajstić information content (AvgIpc) is 2.90. The third-order valence-electron chi connectivity index (χ3n) is 4.54. The molecule has 2 aliphatic heterocycles. The van der Waals surface area contributed by atoms with Crippen LogP contribution in [0.5, 0.6) is 0 Å². The van der Waals surface area contributed by atoms with E-state index in [1.54, 1.807) is 18.2 Å². The molecule has 2 N–H and O–H groups in total. The number of rotatable bonds is 8. The van der Waals surface area contributed by atoms with Crippen LogP contribution in [0.15, 0.2) is 18.2 Å². The predicted octanol–water partition coefficient (Wildman–Crippen LogP) is 0.453. The van der Waals surface area contributed by atoms with Crippen molar-refractivity contribution in [2.75, 3.05) is 18.5 Å². The molecule has 142 valence electrons. The van der Waals surface area contributed by atoms with Gasteiger partial charge in [-0.25, -0.2) is 0 Å². The van der Waals surface area contributed by atoms with Gasteiger partial charge >= 0.3 is 0 Å². The van der Waals surface area contributed by atoms with E-state index in [0.29, 0.717) is 38.2 Å². The van der Waals surface area contributed by atoms with E-state index in [0.717, 1.165) is 4.90 Å². The second-order valence-electron chi connectivity index (χ2n) is 6.28. The van der Waals surface area contributed by atoms with Gasteiger partial charge in [-0.15, -0.1) is 0 Å². The highest BCUT2D eigenvalue weighted by molar-refractivity contribution is 6.25. The van der Waals surface area contributed by atoms with Crippen molar-refractivity contribution in [3.63, 3.8) is 0 Å². The van der Waals surface area contributed by atoms with E-state index in [9.17, 15) is 24.0 Å².